The first-order chi connectivity index (χ1) is 7.27. The summed E-state index contributed by atoms with van der Waals surface area (Å²) in [6.45, 7) is 5.57. The van der Waals surface area contributed by atoms with Crippen LogP contribution < -0.4 is 5.56 Å². The fraction of sp³-hybridized carbons (Fsp3) is 0.545. The van der Waals surface area contributed by atoms with E-state index < -0.39 is 0 Å². The van der Waals surface area contributed by atoms with Crippen LogP contribution in [0, 0.1) is 0 Å². The van der Waals surface area contributed by atoms with E-state index in [2.05, 4.69) is 16.8 Å². The van der Waals surface area contributed by atoms with Crippen molar-refractivity contribution < 1.29 is 4.74 Å². The fourth-order valence-electron chi connectivity index (χ4n) is 1.90. The van der Waals surface area contributed by atoms with Gasteiger partial charge in [0.1, 0.15) is 0 Å². The van der Waals surface area contributed by atoms with Crippen LogP contribution in [0.3, 0.4) is 0 Å². The van der Waals surface area contributed by atoms with Crippen LogP contribution in [0.2, 0.25) is 0 Å². The zero-order valence-electron chi connectivity index (χ0n) is 8.90. The summed E-state index contributed by atoms with van der Waals surface area (Å²) in [6.07, 6.45) is 1.70. The van der Waals surface area contributed by atoms with Crippen molar-refractivity contribution in [3.05, 3.63) is 34.2 Å². The third kappa shape index (κ3) is 2.46. The molecule has 0 aromatic carbocycles. The Morgan fingerprint density at radius 2 is 2.20 bits per heavy atom. The lowest BCUT2D eigenvalue weighted by atomic mass is 10.1. The van der Waals surface area contributed by atoms with Gasteiger partial charge in [0.2, 0.25) is 5.56 Å². The van der Waals surface area contributed by atoms with Gasteiger partial charge < -0.3 is 9.72 Å². The number of nitrogens with one attached hydrogen (secondary N) is 1. The second kappa shape index (κ2) is 4.59. The van der Waals surface area contributed by atoms with E-state index in [0.29, 0.717) is 0 Å². The van der Waals surface area contributed by atoms with E-state index in [9.17, 15) is 4.79 Å². The minimum absolute atomic E-state index is 0.0346. The highest BCUT2D eigenvalue weighted by atomic mass is 16.5. The summed E-state index contributed by atoms with van der Waals surface area (Å²) >= 11 is 0. The van der Waals surface area contributed by atoms with E-state index in [-0.39, 0.29) is 11.6 Å². The molecule has 0 spiro atoms. The summed E-state index contributed by atoms with van der Waals surface area (Å²) in [7, 11) is 0. The van der Waals surface area contributed by atoms with Gasteiger partial charge in [-0.15, -0.1) is 0 Å². The Kier molecular flexibility index (Phi) is 3.18. The molecule has 1 saturated heterocycles. The zero-order chi connectivity index (χ0) is 10.7. The van der Waals surface area contributed by atoms with Crippen molar-refractivity contribution in [3.63, 3.8) is 0 Å². The van der Waals surface area contributed by atoms with Gasteiger partial charge in [-0.05, 0) is 18.6 Å². The van der Waals surface area contributed by atoms with E-state index in [1.54, 1.807) is 12.3 Å². The average molecular weight is 208 g/mol. The molecular formula is C11H16N2O2. The molecule has 0 amide bonds. The SMILES string of the molecule is CC(c1cc[nH]c(=O)c1)N1CCOCC1. The molecule has 0 radical (unpaired) electrons. The average Bonchev–Trinajstić information content (AvgIpc) is 2.29. The van der Waals surface area contributed by atoms with Crippen LogP contribution in [0.15, 0.2) is 23.1 Å². The van der Waals surface area contributed by atoms with Crippen molar-refractivity contribution in [1.29, 1.82) is 0 Å². The van der Waals surface area contributed by atoms with Crippen LogP contribution in [0.5, 0.6) is 0 Å². The number of pyridine rings is 1. The van der Waals surface area contributed by atoms with Gasteiger partial charge in [-0.3, -0.25) is 9.69 Å². The normalized spacial score (nSPS) is 20.1. The summed E-state index contributed by atoms with van der Waals surface area (Å²) in [5.74, 6) is 0. The lowest BCUT2D eigenvalue weighted by molar-refractivity contribution is 0.0198. The molecule has 15 heavy (non-hydrogen) atoms. The van der Waals surface area contributed by atoms with E-state index in [0.717, 1.165) is 31.9 Å². The summed E-state index contributed by atoms with van der Waals surface area (Å²) in [5.41, 5.74) is 1.04. The van der Waals surface area contributed by atoms with Crippen LogP contribution in [0.4, 0.5) is 0 Å². The number of H-pyrrole nitrogens is 1. The monoisotopic (exact) mass is 208 g/mol. The molecule has 0 aliphatic carbocycles. The molecule has 2 heterocycles. The van der Waals surface area contributed by atoms with E-state index in [1.807, 2.05) is 6.07 Å². The first-order valence-electron chi connectivity index (χ1n) is 5.28. The van der Waals surface area contributed by atoms with Gasteiger partial charge in [-0.2, -0.15) is 0 Å². The number of aromatic amines is 1. The largest absolute Gasteiger partial charge is 0.379 e. The van der Waals surface area contributed by atoms with Gasteiger partial charge in [0, 0.05) is 31.4 Å². The zero-order valence-corrected chi connectivity index (χ0v) is 8.90. The topological polar surface area (TPSA) is 45.3 Å². The van der Waals surface area contributed by atoms with Gasteiger partial charge in [0.05, 0.1) is 13.2 Å². The Morgan fingerprint density at radius 3 is 2.87 bits per heavy atom. The maximum Gasteiger partial charge on any atom is 0.248 e. The van der Waals surface area contributed by atoms with Gasteiger partial charge >= 0.3 is 0 Å². The molecule has 1 atom stereocenters. The van der Waals surface area contributed by atoms with Crippen molar-refractivity contribution in [2.45, 2.75) is 13.0 Å². The fourth-order valence-corrected chi connectivity index (χ4v) is 1.90. The number of nitrogens with zero attached hydrogens (tertiary/aromatic N) is 1. The molecule has 1 unspecified atom stereocenters. The summed E-state index contributed by atoms with van der Waals surface area (Å²) in [6, 6.07) is 3.91. The van der Waals surface area contributed by atoms with Crippen molar-refractivity contribution in [2.75, 3.05) is 26.3 Å². The molecule has 1 aromatic heterocycles. The quantitative estimate of drug-likeness (QED) is 0.780. The number of morpholine rings is 1. The number of rotatable bonds is 2. The Bertz CT molecular complexity index is 369. The van der Waals surface area contributed by atoms with Crippen molar-refractivity contribution >= 4 is 0 Å². The van der Waals surface area contributed by atoms with Crippen LogP contribution in [-0.4, -0.2) is 36.2 Å². The maximum absolute atomic E-state index is 11.2. The Labute approximate surface area is 88.9 Å². The number of ether oxygens (including phenoxy) is 1. The Balaban J connectivity index is 2.12. The first-order valence-corrected chi connectivity index (χ1v) is 5.28. The summed E-state index contributed by atoms with van der Waals surface area (Å²) in [5, 5.41) is 0. The molecule has 1 aliphatic rings. The minimum Gasteiger partial charge on any atom is -0.379 e. The standard InChI is InChI=1S/C11H16N2O2/c1-9(13-4-6-15-7-5-13)10-2-3-12-11(14)8-10/h2-3,8-9H,4-7H2,1H3,(H,12,14). The summed E-state index contributed by atoms with van der Waals surface area (Å²) in [4.78, 5) is 16.1. The van der Waals surface area contributed by atoms with Crippen LogP contribution in [-0.2, 0) is 4.74 Å². The molecule has 82 valence electrons. The predicted octanol–water partition coefficient (Wildman–Crippen LogP) is 0.768. The Hall–Kier alpha value is -1.13. The lowest BCUT2D eigenvalue weighted by Gasteiger charge is -2.32. The van der Waals surface area contributed by atoms with Gasteiger partial charge in [-0.25, -0.2) is 0 Å². The smallest absolute Gasteiger partial charge is 0.248 e. The first kappa shape index (κ1) is 10.4. The molecule has 0 saturated carbocycles. The Morgan fingerprint density at radius 1 is 1.47 bits per heavy atom. The van der Waals surface area contributed by atoms with Gasteiger partial charge in [0.15, 0.2) is 0 Å². The molecule has 0 bridgehead atoms. The highest BCUT2D eigenvalue weighted by Gasteiger charge is 2.18. The molecule has 1 aliphatic heterocycles. The van der Waals surface area contributed by atoms with Gasteiger partial charge in [-0.1, -0.05) is 0 Å². The summed E-state index contributed by atoms with van der Waals surface area (Å²) < 4.78 is 5.30. The molecule has 2 rings (SSSR count). The molecule has 1 aromatic rings. The minimum atomic E-state index is -0.0346. The van der Waals surface area contributed by atoms with Crippen molar-refractivity contribution in [3.8, 4) is 0 Å². The molecule has 1 fully saturated rings. The molecule has 4 heteroatoms. The predicted molar refractivity (Wildman–Crippen MR) is 57.9 cm³/mol. The van der Waals surface area contributed by atoms with Crippen LogP contribution in [0.1, 0.15) is 18.5 Å². The second-order valence-electron chi connectivity index (χ2n) is 3.81. The molecule has 1 N–H and O–H groups in total. The van der Waals surface area contributed by atoms with E-state index >= 15 is 0 Å². The number of aromatic nitrogens is 1. The van der Waals surface area contributed by atoms with Gasteiger partial charge in [0.25, 0.3) is 0 Å². The molecular weight excluding hydrogens is 192 g/mol. The highest BCUT2D eigenvalue weighted by molar-refractivity contribution is 5.14. The van der Waals surface area contributed by atoms with E-state index in [4.69, 9.17) is 4.74 Å². The second-order valence-corrected chi connectivity index (χ2v) is 3.81. The van der Waals surface area contributed by atoms with E-state index in [1.165, 1.54) is 0 Å². The number of hydrogen-bond donors (Lipinski definition) is 1. The van der Waals surface area contributed by atoms with Crippen LogP contribution >= 0.6 is 0 Å². The molecule has 4 nitrogen and oxygen atoms in total. The maximum atomic E-state index is 11.2. The van der Waals surface area contributed by atoms with Crippen LogP contribution in [0.25, 0.3) is 0 Å². The highest BCUT2D eigenvalue weighted by Crippen LogP contribution is 2.18. The third-order valence-corrected chi connectivity index (χ3v) is 2.87. The van der Waals surface area contributed by atoms with Crippen molar-refractivity contribution in [2.24, 2.45) is 0 Å². The lowest BCUT2D eigenvalue weighted by Crippen LogP contribution is -2.38. The van der Waals surface area contributed by atoms with Crippen molar-refractivity contribution in [1.82, 2.24) is 9.88 Å². The third-order valence-electron chi connectivity index (χ3n) is 2.87. The number of hydrogen-bond acceptors (Lipinski definition) is 3.